The first kappa shape index (κ1) is 18.7. The Morgan fingerprint density at radius 3 is 2.45 bits per heavy atom. The molecule has 0 aliphatic rings. The minimum atomic E-state index is -0.759. The van der Waals surface area contributed by atoms with E-state index in [9.17, 15) is 14.4 Å². The van der Waals surface area contributed by atoms with Gasteiger partial charge in [-0.1, -0.05) is 12.1 Å². The number of aryl methyl sites for hydroxylation is 3. The molecule has 9 heteroatoms. The van der Waals surface area contributed by atoms with Gasteiger partial charge in [0.25, 0.3) is 5.56 Å². The molecule has 1 aromatic carbocycles. The smallest absolute Gasteiger partial charge is 0.332 e. The van der Waals surface area contributed by atoms with Crippen molar-refractivity contribution in [2.45, 2.75) is 34.2 Å². The largest absolute Gasteiger partial charge is 0.368 e. The van der Waals surface area contributed by atoms with Crippen LogP contribution < -0.4 is 17.0 Å². The molecule has 4 rings (SSSR count). The second-order valence-corrected chi connectivity index (χ2v) is 7.34. The fourth-order valence-electron chi connectivity index (χ4n) is 3.81. The number of hydrogen-bond acceptors (Lipinski definition) is 4. The first-order chi connectivity index (χ1) is 13.6. The lowest BCUT2D eigenvalue weighted by Crippen LogP contribution is -2.42. The van der Waals surface area contributed by atoms with E-state index in [-0.39, 0.29) is 11.2 Å². The van der Waals surface area contributed by atoms with E-state index in [0.717, 1.165) is 32.8 Å². The Morgan fingerprint density at radius 1 is 1.10 bits per heavy atom. The van der Waals surface area contributed by atoms with E-state index in [1.165, 1.54) is 11.6 Å². The highest BCUT2D eigenvalue weighted by Crippen LogP contribution is 2.27. The molecule has 0 fully saturated rings. The van der Waals surface area contributed by atoms with Crippen molar-refractivity contribution in [3.05, 3.63) is 61.6 Å². The maximum atomic E-state index is 13.1. The van der Waals surface area contributed by atoms with Crippen molar-refractivity contribution < 1.29 is 4.79 Å². The second kappa shape index (κ2) is 6.20. The lowest BCUT2D eigenvalue weighted by atomic mass is 10.1. The van der Waals surface area contributed by atoms with Gasteiger partial charge >= 0.3 is 5.69 Å². The molecule has 0 unspecified atom stereocenters. The zero-order valence-corrected chi connectivity index (χ0v) is 17.0. The molecule has 0 radical (unpaired) electrons. The molecular formula is C20H22N6O3. The van der Waals surface area contributed by atoms with Gasteiger partial charge < -0.3 is 5.73 Å². The van der Waals surface area contributed by atoms with Gasteiger partial charge in [0.2, 0.25) is 11.7 Å². The van der Waals surface area contributed by atoms with Gasteiger partial charge in [-0.15, -0.1) is 0 Å². The summed E-state index contributed by atoms with van der Waals surface area (Å²) in [7, 11) is 1.53. The van der Waals surface area contributed by atoms with Crippen LogP contribution in [0, 0.1) is 27.7 Å². The van der Waals surface area contributed by atoms with Gasteiger partial charge in [0.1, 0.15) is 6.54 Å². The third-order valence-electron chi connectivity index (χ3n) is 5.65. The molecule has 9 nitrogen and oxygen atoms in total. The van der Waals surface area contributed by atoms with Crippen LogP contribution in [0.3, 0.4) is 0 Å². The number of carbonyl (C=O) groups excluding carboxylic acids is 1. The van der Waals surface area contributed by atoms with Crippen LogP contribution >= 0.6 is 0 Å². The number of nitrogens with two attached hydrogens (primary N) is 1. The number of aromatic nitrogens is 5. The fourth-order valence-corrected chi connectivity index (χ4v) is 3.81. The Hall–Kier alpha value is -3.62. The number of imidazole rings is 2. The number of fused-ring (bicyclic) bond motifs is 3. The second-order valence-electron chi connectivity index (χ2n) is 7.34. The highest BCUT2D eigenvalue weighted by Gasteiger charge is 2.24. The summed E-state index contributed by atoms with van der Waals surface area (Å²) in [6, 6.07) is 6.01. The number of carbonyl (C=O) groups is 1. The van der Waals surface area contributed by atoms with Crippen LogP contribution in [0.5, 0.6) is 0 Å². The average molecular weight is 394 g/mol. The molecule has 0 bridgehead atoms. The van der Waals surface area contributed by atoms with Crippen LogP contribution in [-0.4, -0.2) is 29.0 Å². The molecule has 0 aliphatic heterocycles. The molecule has 1 amide bonds. The molecule has 0 saturated heterocycles. The Morgan fingerprint density at radius 2 is 1.79 bits per heavy atom. The molecule has 0 aliphatic carbocycles. The van der Waals surface area contributed by atoms with Crippen LogP contribution in [0.4, 0.5) is 0 Å². The number of benzene rings is 1. The third-order valence-corrected chi connectivity index (χ3v) is 5.65. The molecule has 0 saturated carbocycles. The number of hydrogen-bond donors (Lipinski definition) is 1. The molecule has 2 N–H and O–H groups in total. The first-order valence-electron chi connectivity index (χ1n) is 9.20. The quantitative estimate of drug-likeness (QED) is 0.556. The van der Waals surface area contributed by atoms with Gasteiger partial charge in [0.15, 0.2) is 11.2 Å². The molecular weight excluding hydrogens is 372 g/mol. The van der Waals surface area contributed by atoms with Gasteiger partial charge in [0, 0.05) is 18.4 Å². The van der Waals surface area contributed by atoms with Gasteiger partial charge in [0.05, 0.1) is 5.69 Å². The summed E-state index contributed by atoms with van der Waals surface area (Å²) in [6.07, 6.45) is 0. The van der Waals surface area contributed by atoms with Gasteiger partial charge in [-0.05, 0) is 44.9 Å². The minimum Gasteiger partial charge on any atom is -0.368 e. The maximum Gasteiger partial charge on any atom is 0.332 e. The highest BCUT2D eigenvalue weighted by atomic mass is 16.2. The lowest BCUT2D eigenvalue weighted by molar-refractivity contribution is -0.118. The van der Waals surface area contributed by atoms with Gasteiger partial charge in [-0.3, -0.25) is 23.1 Å². The Bertz CT molecular complexity index is 1450. The van der Waals surface area contributed by atoms with Crippen molar-refractivity contribution in [2.75, 3.05) is 0 Å². The summed E-state index contributed by atoms with van der Waals surface area (Å²) < 4.78 is 5.85. The van der Waals surface area contributed by atoms with Crippen molar-refractivity contribution in [1.82, 2.24) is 23.1 Å². The molecule has 0 spiro atoms. The summed E-state index contributed by atoms with van der Waals surface area (Å²) in [5, 5.41) is 0. The zero-order valence-electron chi connectivity index (χ0n) is 17.0. The molecule has 0 atom stereocenters. The van der Waals surface area contributed by atoms with E-state index in [2.05, 4.69) is 4.98 Å². The van der Waals surface area contributed by atoms with Crippen molar-refractivity contribution in [3.8, 4) is 5.69 Å². The molecule has 150 valence electrons. The summed E-state index contributed by atoms with van der Waals surface area (Å²) >= 11 is 0. The molecule has 29 heavy (non-hydrogen) atoms. The third kappa shape index (κ3) is 2.47. The number of amides is 1. The predicted octanol–water partition coefficient (Wildman–Crippen LogP) is 0.858. The lowest BCUT2D eigenvalue weighted by Gasteiger charge is -2.11. The summed E-state index contributed by atoms with van der Waals surface area (Å²) in [5.41, 5.74) is 9.47. The van der Waals surface area contributed by atoms with Crippen molar-refractivity contribution in [1.29, 1.82) is 0 Å². The fraction of sp³-hybridized carbons (Fsp3) is 0.300. The number of nitrogens with zero attached hydrogens (tertiary/aromatic N) is 5. The first-order valence-corrected chi connectivity index (χ1v) is 9.20. The zero-order chi connectivity index (χ0) is 21.2. The van der Waals surface area contributed by atoms with E-state index < -0.39 is 23.7 Å². The number of rotatable bonds is 3. The SMILES string of the molecule is Cc1cccc(-n2c(C)c(C)n3c4c(=O)n(CC(N)=O)c(=O)n(C)c4nc23)c1C. The van der Waals surface area contributed by atoms with Crippen LogP contribution in [0.25, 0.3) is 22.6 Å². The van der Waals surface area contributed by atoms with Crippen LogP contribution in [0.2, 0.25) is 0 Å². The molecule has 4 aromatic rings. The standard InChI is InChI=1S/C20H22N6O3/c1-10-7-6-8-14(11(10)2)25-12(3)13(4)26-16-17(22-19(25)26)23(5)20(29)24(18(16)28)9-15(21)27/h6-8H,9H2,1-5H3,(H2,21,27). The van der Waals surface area contributed by atoms with Crippen molar-refractivity contribution in [3.63, 3.8) is 0 Å². The maximum absolute atomic E-state index is 13.1. The van der Waals surface area contributed by atoms with E-state index in [0.29, 0.717) is 5.78 Å². The molecule has 3 heterocycles. The van der Waals surface area contributed by atoms with Gasteiger partial charge in [-0.2, -0.15) is 4.98 Å². The monoisotopic (exact) mass is 394 g/mol. The average Bonchev–Trinajstić information content (AvgIpc) is 3.16. The van der Waals surface area contributed by atoms with E-state index in [1.807, 2.05) is 50.5 Å². The van der Waals surface area contributed by atoms with Crippen molar-refractivity contribution >= 4 is 22.8 Å². The molecule has 3 aromatic heterocycles. The van der Waals surface area contributed by atoms with E-state index in [4.69, 9.17) is 5.73 Å². The number of primary amides is 1. The normalized spacial score (nSPS) is 11.6. The van der Waals surface area contributed by atoms with Gasteiger partial charge in [-0.25, -0.2) is 9.36 Å². The van der Waals surface area contributed by atoms with E-state index in [1.54, 1.807) is 4.40 Å². The van der Waals surface area contributed by atoms with E-state index >= 15 is 0 Å². The van der Waals surface area contributed by atoms with Crippen LogP contribution in [-0.2, 0) is 18.4 Å². The Balaban J connectivity index is 2.22. The Labute approximate surface area is 165 Å². The van der Waals surface area contributed by atoms with Crippen LogP contribution in [0.15, 0.2) is 27.8 Å². The summed E-state index contributed by atoms with van der Waals surface area (Å²) in [6.45, 7) is 7.45. The predicted molar refractivity (Wildman–Crippen MR) is 110 cm³/mol. The summed E-state index contributed by atoms with van der Waals surface area (Å²) in [5.74, 6) is -0.224. The summed E-state index contributed by atoms with van der Waals surface area (Å²) in [4.78, 5) is 41.8. The van der Waals surface area contributed by atoms with Crippen molar-refractivity contribution in [2.24, 2.45) is 12.8 Å². The highest BCUT2D eigenvalue weighted by molar-refractivity contribution is 5.78. The topological polar surface area (TPSA) is 109 Å². The minimum absolute atomic E-state index is 0.244. The van der Waals surface area contributed by atoms with Crippen LogP contribution in [0.1, 0.15) is 22.5 Å². The Kier molecular flexibility index (Phi) is 4.00.